The molecule has 4 heteroatoms. The molecule has 0 aliphatic carbocycles. The van der Waals surface area contributed by atoms with Crippen molar-refractivity contribution in [2.45, 2.75) is 25.9 Å². The summed E-state index contributed by atoms with van der Waals surface area (Å²) < 4.78 is 5.66. The smallest absolute Gasteiger partial charge is 0.311 e. The van der Waals surface area contributed by atoms with Crippen LogP contribution in [0.25, 0.3) is 0 Å². The van der Waals surface area contributed by atoms with E-state index in [-0.39, 0.29) is 5.97 Å². The van der Waals surface area contributed by atoms with Crippen LogP contribution < -0.4 is 0 Å². The van der Waals surface area contributed by atoms with Crippen molar-refractivity contribution in [2.75, 3.05) is 7.11 Å². The zero-order valence-electron chi connectivity index (χ0n) is 10.2. The van der Waals surface area contributed by atoms with Gasteiger partial charge in [0, 0.05) is 4.47 Å². The topological polar surface area (TPSA) is 46.5 Å². The zero-order chi connectivity index (χ0) is 13.1. The highest BCUT2D eigenvalue weighted by atomic mass is 79.9. The van der Waals surface area contributed by atoms with Crippen molar-refractivity contribution in [1.82, 2.24) is 0 Å². The lowest BCUT2D eigenvalue weighted by molar-refractivity contribution is -0.155. The average molecular weight is 301 g/mol. The Labute approximate surface area is 110 Å². The molecule has 0 aliphatic heterocycles. The molecule has 0 heterocycles. The van der Waals surface area contributed by atoms with Crippen LogP contribution >= 0.6 is 15.9 Å². The van der Waals surface area contributed by atoms with Crippen LogP contribution in [0.2, 0.25) is 0 Å². The fourth-order valence-corrected chi connectivity index (χ4v) is 2.19. The van der Waals surface area contributed by atoms with E-state index < -0.39 is 11.5 Å². The van der Waals surface area contributed by atoms with Crippen LogP contribution in [0.4, 0.5) is 0 Å². The molecule has 0 fully saturated rings. The van der Waals surface area contributed by atoms with Gasteiger partial charge < -0.3 is 9.84 Å². The molecule has 0 saturated carbocycles. The summed E-state index contributed by atoms with van der Waals surface area (Å²) in [7, 11) is 1.34. The molecule has 0 bridgehead atoms. The van der Waals surface area contributed by atoms with Gasteiger partial charge in [0.2, 0.25) is 0 Å². The summed E-state index contributed by atoms with van der Waals surface area (Å²) in [6, 6.07) is 7.28. The first kappa shape index (κ1) is 14.2. The second-order valence-electron chi connectivity index (χ2n) is 4.14. The molecule has 0 saturated heterocycles. The Morgan fingerprint density at radius 1 is 1.47 bits per heavy atom. The van der Waals surface area contributed by atoms with Crippen molar-refractivity contribution < 1.29 is 14.6 Å². The largest absolute Gasteiger partial charge is 0.469 e. The number of halogens is 1. The second kappa shape index (κ2) is 5.65. The van der Waals surface area contributed by atoms with E-state index in [0.717, 1.165) is 4.47 Å². The maximum atomic E-state index is 11.6. The summed E-state index contributed by atoms with van der Waals surface area (Å²) >= 11 is 3.34. The average Bonchev–Trinajstić information content (AvgIpc) is 2.29. The van der Waals surface area contributed by atoms with Gasteiger partial charge in [0.15, 0.2) is 0 Å². The third-order valence-corrected chi connectivity index (χ3v) is 3.53. The van der Waals surface area contributed by atoms with Crippen LogP contribution in [0, 0.1) is 5.92 Å². The molecule has 2 unspecified atom stereocenters. The van der Waals surface area contributed by atoms with E-state index in [4.69, 9.17) is 4.74 Å². The van der Waals surface area contributed by atoms with E-state index in [1.165, 1.54) is 7.11 Å². The molecule has 0 spiro atoms. The molecule has 94 valence electrons. The summed E-state index contributed by atoms with van der Waals surface area (Å²) in [6.07, 6.45) is 0.524. The minimum atomic E-state index is -1.22. The molecule has 0 aliphatic rings. The number of hydrogen-bond acceptors (Lipinski definition) is 3. The molecule has 0 amide bonds. The summed E-state index contributed by atoms with van der Waals surface area (Å²) in [4.78, 5) is 11.6. The van der Waals surface area contributed by atoms with Crippen molar-refractivity contribution in [3.05, 3.63) is 34.3 Å². The highest BCUT2D eigenvalue weighted by molar-refractivity contribution is 9.10. The van der Waals surface area contributed by atoms with Crippen molar-refractivity contribution in [2.24, 2.45) is 5.92 Å². The number of aliphatic hydroxyl groups is 1. The lowest BCUT2D eigenvalue weighted by Gasteiger charge is -2.30. The first-order valence-corrected chi connectivity index (χ1v) is 6.29. The highest BCUT2D eigenvalue weighted by Gasteiger charge is 2.38. The van der Waals surface area contributed by atoms with Gasteiger partial charge in [-0.3, -0.25) is 4.79 Å². The molecule has 17 heavy (non-hydrogen) atoms. The van der Waals surface area contributed by atoms with Gasteiger partial charge in [0.25, 0.3) is 0 Å². The van der Waals surface area contributed by atoms with Gasteiger partial charge in [-0.05, 0) is 31.0 Å². The predicted molar refractivity (Wildman–Crippen MR) is 69.5 cm³/mol. The molecule has 1 aromatic carbocycles. The fraction of sp³-hybridized carbons (Fsp3) is 0.462. The van der Waals surface area contributed by atoms with E-state index in [9.17, 15) is 9.90 Å². The highest BCUT2D eigenvalue weighted by Crippen LogP contribution is 2.33. The minimum absolute atomic E-state index is 0.389. The van der Waals surface area contributed by atoms with Gasteiger partial charge in [-0.15, -0.1) is 0 Å². The lowest BCUT2D eigenvalue weighted by atomic mass is 9.81. The van der Waals surface area contributed by atoms with Gasteiger partial charge >= 0.3 is 5.97 Å². The first-order chi connectivity index (χ1) is 7.93. The van der Waals surface area contributed by atoms with Crippen molar-refractivity contribution in [3.63, 3.8) is 0 Å². The molecule has 1 N–H and O–H groups in total. The van der Waals surface area contributed by atoms with Gasteiger partial charge in [0.1, 0.15) is 5.60 Å². The van der Waals surface area contributed by atoms with E-state index in [1.54, 1.807) is 19.1 Å². The van der Waals surface area contributed by atoms with Crippen molar-refractivity contribution >= 4 is 21.9 Å². The summed E-state index contributed by atoms with van der Waals surface area (Å²) in [5, 5.41) is 10.5. The Morgan fingerprint density at radius 3 is 2.41 bits per heavy atom. The molecular formula is C13H17BrO3. The molecule has 1 aromatic rings. The number of carbonyl (C=O) groups is 1. The number of methoxy groups -OCH3 is 1. The van der Waals surface area contributed by atoms with Crippen molar-refractivity contribution in [1.29, 1.82) is 0 Å². The summed E-state index contributed by atoms with van der Waals surface area (Å²) in [5.74, 6) is -0.950. The predicted octanol–water partition coefficient (Wildman–Crippen LogP) is 2.86. The van der Waals surface area contributed by atoms with Gasteiger partial charge in [-0.2, -0.15) is 0 Å². The minimum Gasteiger partial charge on any atom is -0.469 e. The number of hydrogen-bond donors (Lipinski definition) is 1. The Kier molecular flexibility index (Phi) is 4.71. The Balaban J connectivity index is 3.07. The molecule has 0 radical (unpaired) electrons. The fourth-order valence-electron chi connectivity index (χ4n) is 1.92. The SMILES string of the molecule is CCC(C(=O)OC)C(C)(O)c1ccc(Br)cc1. The summed E-state index contributed by atoms with van der Waals surface area (Å²) in [5.41, 5.74) is -0.513. The van der Waals surface area contributed by atoms with E-state index in [1.807, 2.05) is 19.1 Å². The normalized spacial score (nSPS) is 16.1. The Morgan fingerprint density at radius 2 is 2.00 bits per heavy atom. The van der Waals surface area contributed by atoms with Gasteiger partial charge in [0.05, 0.1) is 13.0 Å². The standard InChI is InChI=1S/C13H17BrO3/c1-4-11(12(15)17-3)13(2,16)9-5-7-10(14)8-6-9/h5-8,11,16H,4H2,1-3H3. The lowest BCUT2D eigenvalue weighted by Crippen LogP contribution is -2.37. The molecule has 1 rings (SSSR count). The number of esters is 1. The van der Waals surface area contributed by atoms with Crippen molar-refractivity contribution in [3.8, 4) is 0 Å². The van der Waals surface area contributed by atoms with Crippen LogP contribution in [0.5, 0.6) is 0 Å². The van der Waals surface area contributed by atoms with Crippen LogP contribution in [-0.2, 0) is 15.1 Å². The Bertz CT molecular complexity index is 384. The molecular weight excluding hydrogens is 284 g/mol. The number of benzene rings is 1. The Hall–Kier alpha value is -0.870. The van der Waals surface area contributed by atoms with E-state index in [0.29, 0.717) is 12.0 Å². The van der Waals surface area contributed by atoms with E-state index in [2.05, 4.69) is 15.9 Å². The maximum Gasteiger partial charge on any atom is 0.311 e. The van der Waals surface area contributed by atoms with Crippen LogP contribution in [0.15, 0.2) is 28.7 Å². The van der Waals surface area contributed by atoms with Crippen LogP contribution in [0.3, 0.4) is 0 Å². The first-order valence-electron chi connectivity index (χ1n) is 5.49. The van der Waals surface area contributed by atoms with E-state index >= 15 is 0 Å². The summed E-state index contributed by atoms with van der Waals surface area (Å²) in [6.45, 7) is 3.50. The third-order valence-electron chi connectivity index (χ3n) is 3.00. The van der Waals surface area contributed by atoms with Crippen LogP contribution in [0.1, 0.15) is 25.8 Å². The molecule has 3 nitrogen and oxygen atoms in total. The molecule has 2 atom stereocenters. The number of carbonyl (C=O) groups excluding carboxylic acids is 1. The second-order valence-corrected chi connectivity index (χ2v) is 5.05. The number of ether oxygens (including phenoxy) is 1. The zero-order valence-corrected chi connectivity index (χ0v) is 11.8. The quantitative estimate of drug-likeness (QED) is 0.870. The molecule has 0 aromatic heterocycles. The third kappa shape index (κ3) is 3.07. The monoisotopic (exact) mass is 300 g/mol. The van der Waals surface area contributed by atoms with Gasteiger partial charge in [-0.1, -0.05) is 35.0 Å². The van der Waals surface area contributed by atoms with Gasteiger partial charge in [-0.25, -0.2) is 0 Å². The number of rotatable bonds is 4. The van der Waals surface area contributed by atoms with Crippen LogP contribution in [-0.4, -0.2) is 18.2 Å². The maximum absolute atomic E-state index is 11.6.